The van der Waals surface area contributed by atoms with E-state index >= 15 is 0 Å². The van der Waals surface area contributed by atoms with Gasteiger partial charge in [-0.2, -0.15) is 5.26 Å². The minimum absolute atomic E-state index is 0.0341. The molecule has 0 aliphatic heterocycles. The van der Waals surface area contributed by atoms with Crippen LogP contribution in [0.1, 0.15) is 11.1 Å². The molecule has 0 saturated carbocycles. The van der Waals surface area contributed by atoms with Gasteiger partial charge < -0.3 is 52.4 Å². The second kappa shape index (κ2) is 24.8. The fourth-order valence-corrected chi connectivity index (χ4v) is 6.02. The maximum atomic E-state index is 12.0. The van der Waals surface area contributed by atoms with Gasteiger partial charge in [-0.05, 0) is 115 Å². The van der Waals surface area contributed by atoms with E-state index in [1.54, 1.807) is 30.3 Å². The van der Waals surface area contributed by atoms with E-state index < -0.39 is 5.97 Å². The molecule has 0 N–H and O–H groups in total. The molecular weight excluding hydrogens is 803 g/mol. The third-order valence-electron chi connectivity index (χ3n) is 8.93. The highest BCUT2D eigenvalue weighted by atomic mass is 16.8. The summed E-state index contributed by atoms with van der Waals surface area (Å²) in [4.78, 5) is 16.1. The first kappa shape index (κ1) is 45.3. The molecular formula is C50H47N3O10. The van der Waals surface area contributed by atoms with Crippen molar-refractivity contribution in [3.8, 4) is 23.3 Å². The summed E-state index contributed by atoms with van der Waals surface area (Å²) < 4.78 is 49.4. The molecule has 13 heteroatoms. The summed E-state index contributed by atoms with van der Waals surface area (Å²) in [6, 6.07) is 49.7. The lowest BCUT2D eigenvalue weighted by Gasteiger charge is -2.27. The van der Waals surface area contributed by atoms with Crippen LogP contribution < -0.4 is 24.0 Å². The van der Waals surface area contributed by atoms with Crippen molar-refractivity contribution in [2.45, 2.75) is 6.61 Å². The molecule has 322 valence electrons. The van der Waals surface area contributed by atoms with Gasteiger partial charge >= 0.3 is 5.97 Å². The van der Waals surface area contributed by atoms with Crippen LogP contribution in [0.25, 0.3) is 0 Å². The smallest absolute Gasteiger partial charge is 0.335 e. The summed E-state index contributed by atoms with van der Waals surface area (Å²) in [5, 5.41) is 9.30. The van der Waals surface area contributed by atoms with Crippen LogP contribution in [0, 0.1) is 11.3 Å². The molecule has 0 fully saturated rings. The van der Waals surface area contributed by atoms with Gasteiger partial charge in [0.05, 0.1) is 30.5 Å². The molecule has 0 aromatic heterocycles. The molecule has 63 heavy (non-hydrogen) atoms. The molecule has 6 aromatic carbocycles. The van der Waals surface area contributed by atoms with Crippen molar-refractivity contribution < 1.29 is 47.4 Å². The standard InChI is InChI=1S/C50H47N3O10/c1-3-30-55-32-40-16-20-43(21-17-40)52(42-18-14-39(31-51)15-19-42)44-22-26-46(27-23-44)61-37-59-35-57-33-56-34-58-36-60-38-62-47-28-24-45(25-29-47)53(41-10-6-5-7-11-41)48-12-8-9-13-49(48)63-50(54)4-2/h3-29H,1-2,30,32-38H2. The average molecular weight is 850 g/mol. The first-order valence-electron chi connectivity index (χ1n) is 19.8. The van der Waals surface area contributed by atoms with Gasteiger partial charge in [-0.25, -0.2) is 4.79 Å². The highest BCUT2D eigenvalue weighted by Crippen LogP contribution is 2.41. The molecule has 0 atom stereocenters. The predicted molar refractivity (Wildman–Crippen MR) is 239 cm³/mol. The number of nitrogens with zero attached hydrogens (tertiary/aromatic N) is 3. The quantitative estimate of drug-likeness (QED) is 0.0128. The number of carbonyl (C=O) groups is 1. The van der Waals surface area contributed by atoms with Gasteiger partial charge in [0, 0.05) is 34.5 Å². The largest absolute Gasteiger partial charge is 0.467 e. The van der Waals surface area contributed by atoms with E-state index in [0.29, 0.717) is 41.7 Å². The molecule has 6 aromatic rings. The maximum absolute atomic E-state index is 12.0. The van der Waals surface area contributed by atoms with Gasteiger partial charge in [0.15, 0.2) is 46.5 Å². The average Bonchev–Trinajstić information content (AvgIpc) is 3.33. The molecule has 0 unspecified atom stereocenters. The fourth-order valence-electron chi connectivity index (χ4n) is 6.02. The van der Waals surface area contributed by atoms with Crippen LogP contribution >= 0.6 is 0 Å². The first-order valence-corrected chi connectivity index (χ1v) is 19.8. The Hall–Kier alpha value is -7.28. The minimum Gasteiger partial charge on any atom is -0.467 e. The van der Waals surface area contributed by atoms with E-state index in [0.717, 1.165) is 40.1 Å². The highest BCUT2D eigenvalue weighted by Gasteiger charge is 2.18. The number of rotatable bonds is 26. The third kappa shape index (κ3) is 13.9. The van der Waals surface area contributed by atoms with Gasteiger partial charge in [-0.3, -0.25) is 0 Å². The Balaban J connectivity index is 0.862. The van der Waals surface area contributed by atoms with E-state index in [4.69, 9.17) is 42.6 Å². The monoisotopic (exact) mass is 849 g/mol. The molecule has 0 heterocycles. The van der Waals surface area contributed by atoms with Crippen molar-refractivity contribution in [3.63, 3.8) is 0 Å². The lowest BCUT2D eigenvalue weighted by atomic mass is 10.1. The minimum atomic E-state index is -0.549. The summed E-state index contributed by atoms with van der Waals surface area (Å²) in [6.45, 7) is 7.84. The molecule has 0 saturated heterocycles. The van der Waals surface area contributed by atoms with E-state index in [-0.39, 0.29) is 40.8 Å². The molecule has 0 spiro atoms. The number of para-hydroxylation sites is 3. The van der Waals surface area contributed by atoms with Crippen LogP contribution in [0.2, 0.25) is 0 Å². The molecule has 0 radical (unpaired) electrons. The van der Waals surface area contributed by atoms with Crippen LogP contribution in [-0.2, 0) is 39.8 Å². The van der Waals surface area contributed by atoms with Gasteiger partial charge in [0.1, 0.15) is 11.5 Å². The number of carbonyl (C=O) groups excluding carboxylic acids is 1. The summed E-state index contributed by atoms with van der Waals surface area (Å²) in [6.07, 6.45) is 2.85. The van der Waals surface area contributed by atoms with Crippen LogP contribution in [0.4, 0.5) is 34.1 Å². The van der Waals surface area contributed by atoms with Gasteiger partial charge in [-0.1, -0.05) is 55.1 Å². The second-order valence-electron chi connectivity index (χ2n) is 13.2. The number of hydrogen-bond acceptors (Lipinski definition) is 13. The number of anilines is 6. The molecule has 0 amide bonds. The van der Waals surface area contributed by atoms with E-state index in [9.17, 15) is 10.1 Å². The number of benzene rings is 6. The summed E-state index contributed by atoms with van der Waals surface area (Å²) >= 11 is 0. The Morgan fingerprint density at radius 1 is 0.524 bits per heavy atom. The third-order valence-corrected chi connectivity index (χ3v) is 8.93. The van der Waals surface area contributed by atoms with Crippen molar-refractivity contribution in [1.82, 2.24) is 0 Å². The van der Waals surface area contributed by atoms with Gasteiger partial charge in [0.2, 0.25) is 0 Å². The van der Waals surface area contributed by atoms with E-state index in [2.05, 4.69) is 24.1 Å². The van der Waals surface area contributed by atoms with E-state index in [1.807, 2.05) is 132 Å². The van der Waals surface area contributed by atoms with Crippen molar-refractivity contribution in [3.05, 3.63) is 188 Å². The van der Waals surface area contributed by atoms with E-state index in [1.165, 1.54) is 0 Å². The van der Waals surface area contributed by atoms with Crippen molar-refractivity contribution in [2.24, 2.45) is 0 Å². The zero-order valence-electron chi connectivity index (χ0n) is 34.6. The number of hydrogen-bond donors (Lipinski definition) is 0. The zero-order valence-corrected chi connectivity index (χ0v) is 34.6. The number of nitriles is 1. The van der Waals surface area contributed by atoms with Gasteiger partial charge in [0.25, 0.3) is 0 Å². The highest BCUT2D eigenvalue weighted by molar-refractivity contribution is 5.87. The van der Waals surface area contributed by atoms with Crippen LogP contribution in [0.3, 0.4) is 0 Å². The predicted octanol–water partition coefficient (Wildman–Crippen LogP) is 10.6. The second-order valence-corrected chi connectivity index (χ2v) is 13.2. The molecule has 13 nitrogen and oxygen atoms in total. The van der Waals surface area contributed by atoms with Crippen molar-refractivity contribution >= 4 is 40.1 Å². The summed E-state index contributed by atoms with van der Waals surface area (Å²) in [5.41, 5.74) is 6.74. The lowest BCUT2D eigenvalue weighted by molar-refractivity contribution is -0.205. The molecule has 0 aliphatic carbocycles. The van der Waals surface area contributed by atoms with Crippen LogP contribution in [-0.4, -0.2) is 53.3 Å². The first-order chi connectivity index (χ1) is 31.1. The lowest BCUT2D eigenvalue weighted by Crippen LogP contribution is -2.13. The normalized spacial score (nSPS) is 10.7. The summed E-state index contributed by atoms with van der Waals surface area (Å²) in [5.74, 6) is 1.04. The Morgan fingerprint density at radius 2 is 0.984 bits per heavy atom. The maximum Gasteiger partial charge on any atom is 0.335 e. The Labute approximate surface area is 367 Å². The fraction of sp³-hybridized carbons (Fsp3) is 0.160. The van der Waals surface area contributed by atoms with Crippen molar-refractivity contribution in [1.29, 1.82) is 5.26 Å². The van der Waals surface area contributed by atoms with Crippen LogP contribution in [0.15, 0.2) is 177 Å². The topological polar surface area (TPSA) is 130 Å². The van der Waals surface area contributed by atoms with Gasteiger partial charge in [-0.15, -0.1) is 6.58 Å². The molecule has 6 rings (SSSR count). The number of esters is 1. The van der Waals surface area contributed by atoms with Crippen molar-refractivity contribution in [2.75, 3.05) is 57.2 Å². The number of ether oxygens (including phenoxy) is 9. The Morgan fingerprint density at radius 3 is 1.51 bits per heavy atom. The SMILES string of the molecule is C=CCOCc1ccc(N(c2ccc(C#N)cc2)c2ccc(OCOCOCOCOCOCOc3ccc(N(c4ccccc4)c4ccccc4OC(=O)C=C)cc3)cc2)cc1. The zero-order chi connectivity index (χ0) is 43.9. The molecule has 0 bridgehead atoms. The molecule has 0 aliphatic rings. The Kier molecular flexibility index (Phi) is 17.8. The Bertz CT molecular complexity index is 2350. The summed E-state index contributed by atoms with van der Waals surface area (Å²) in [7, 11) is 0. The van der Waals surface area contributed by atoms with Crippen LogP contribution in [0.5, 0.6) is 17.2 Å².